The maximum absolute atomic E-state index is 5.09. The number of hydrogen-bond acceptors (Lipinski definition) is 5. The van der Waals surface area contributed by atoms with E-state index in [-0.39, 0.29) is 6.04 Å². The smallest absolute Gasteiger partial charge is 0.191 e. The molecule has 0 radical (unpaired) electrons. The maximum Gasteiger partial charge on any atom is 0.191 e. The number of hydrogen-bond donors (Lipinski definition) is 2. The van der Waals surface area contributed by atoms with E-state index in [2.05, 4.69) is 32.9 Å². The third kappa shape index (κ3) is 3.04. The van der Waals surface area contributed by atoms with Crippen molar-refractivity contribution < 1.29 is 4.74 Å². The van der Waals surface area contributed by atoms with E-state index in [4.69, 9.17) is 4.74 Å². The highest BCUT2D eigenvalue weighted by atomic mass is 16.5. The van der Waals surface area contributed by atoms with Gasteiger partial charge in [0.25, 0.3) is 0 Å². The van der Waals surface area contributed by atoms with Crippen LogP contribution in [-0.2, 0) is 4.74 Å². The minimum absolute atomic E-state index is 0.0915. The van der Waals surface area contributed by atoms with E-state index in [1.54, 1.807) is 7.11 Å². The van der Waals surface area contributed by atoms with Gasteiger partial charge in [-0.05, 0) is 13.3 Å². The molecule has 6 nitrogen and oxygen atoms in total. The highest BCUT2D eigenvalue weighted by Gasteiger charge is 2.14. The van der Waals surface area contributed by atoms with Crippen LogP contribution in [0.4, 0.5) is 0 Å². The summed E-state index contributed by atoms with van der Waals surface area (Å²) in [6.07, 6.45) is 1.01. The van der Waals surface area contributed by atoms with Crippen LogP contribution >= 0.6 is 0 Å². The Morgan fingerprint density at radius 2 is 2.36 bits per heavy atom. The van der Waals surface area contributed by atoms with E-state index in [1.165, 1.54) is 0 Å². The standard InChI is InChI=1S/C8H17N5O/c1-4-7(5-14-3)9-6(2)8-10-12-13-11-8/h6-7,9H,4-5H2,1-3H3,(H,10,11,12,13). The Hall–Kier alpha value is -1.01. The third-order valence-corrected chi connectivity index (χ3v) is 2.10. The van der Waals surface area contributed by atoms with E-state index in [0.29, 0.717) is 18.5 Å². The fourth-order valence-electron chi connectivity index (χ4n) is 1.27. The molecule has 0 saturated carbocycles. The monoisotopic (exact) mass is 199 g/mol. The van der Waals surface area contributed by atoms with Gasteiger partial charge >= 0.3 is 0 Å². The predicted octanol–water partition coefficient (Wildman–Crippen LogP) is 0.275. The van der Waals surface area contributed by atoms with Gasteiger partial charge in [0.15, 0.2) is 5.82 Å². The van der Waals surface area contributed by atoms with Crippen LogP contribution in [0, 0.1) is 0 Å². The van der Waals surface area contributed by atoms with Crippen LogP contribution in [0.25, 0.3) is 0 Å². The van der Waals surface area contributed by atoms with Gasteiger partial charge in [-0.25, -0.2) is 0 Å². The molecule has 1 heterocycles. The van der Waals surface area contributed by atoms with Crippen molar-refractivity contribution >= 4 is 0 Å². The fourth-order valence-corrected chi connectivity index (χ4v) is 1.27. The summed E-state index contributed by atoms with van der Waals surface area (Å²) < 4.78 is 5.09. The molecule has 80 valence electrons. The lowest BCUT2D eigenvalue weighted by atomic mass is 10.2. The molecule has 0 aliphatic rings. The van der Waals surface area contributed by atoms with Gasteiger partial charge in [0.05, 0.1) is 12.6 Å². The van der Waals surface area contributed by atoms with Crippen LogP contribution in [0.3, 0.4) is 0 Å². The molecule has 14 heavy (non-hydrogen) atoms. The molecule has 1 aromatic rings. The van der Waals surface area contributed by atoms with Gasteiger partial charge in [-0.2, -0.15) is 5.21 Å². The summed E-state index contributed by atoms with van der Waals surface area (Å²) in [5.74, 6) is 0.680. The molecule has 0 aliphatic carbocycles. The van der Waals surface area contributed by atoms with Crippen molar-refractivity contribution in [2.24, 2.45) is 0 Å². The molecule has 2 atom stereocenters. The van der Waals surface area contributed by atoms with Gasteiger partial charge in [-0.1, -0.05) is 12.1 Å². The first-order chi connectivity index (χ1) is 6.77. The Bertz CT molecular complexity index is 238. The van der Waals surface area contributed by atoms with Crippen molar-refractivity contribution in [3.8, 4) is 0 Å². The van der Waals surface area contributed by atoms with Gasteiger partial charge in [0, 0.05) is 13.2 Å². The van der Waals surface area contributed by atoms with Gasteiger partial charge in [0.2, 0.25) is 0 Å². The lowest BCUT2D eigenvalue weighted by Crippen LogP contribution is -2.35. The number of rotatable bonds is 6. The first kappa shape index (κ1) is 11.1. The van der Waals surface area contributed by atoms with Crippen LogP contribution in [0.15, 0.2) is 0 Å². The Morgan fingerprint density at radius 1 is 1.57 bits per heavy atom. The lowest BCUT2D eigenvalue weighted by Gasteiger charge is -2.19. The Morgan fingerprint density at radius 3 is 2.86 bits per heavy atom. The summed E-state index contributed by atoms with van der Waals surface area (Å²) in [6, 6.07) is 0.419. The second-order valence-electron chi connectivity index (χ2n) is 3.22. The first-order valence-corrected chi connectivity index (χ1v) is 4.76. The summed E-state index contributed by atoms with van der Waals surface area (Å²) in [4.78, 5) is 0. The predicted molar refractivity (Wildman–Crippen MR) is 51.7 cm³/mol. The number of ether oxygens (including phenoxy) is 1. The Balaban J connectivity index is 2.42. The molecule has 6 heteroatoms. The number of aromatic nitrogens is 4. The normalized spacial score (nSPS) is 15.4. The Labute approximate surface area is 83.4 Å². The fraction of sp³-hybridized carbons (Fsp3) is 0.875. The van der Waals surface area contributed by atoms with Crippen molar-refractivity contribution in [2.45, 2.75) is 32.4 Å². The van der Waals surface area contributed by atoms with Crippen LogP contribution in [0.1, 0.15) is 32.1 Å². The quantitative estimate of drug-likeness (QED) is 0.688. The minimum atomic E-state index is 0.0915. The number of methoxy groups -OCH3 is 1. The van der Waals surface area contributed by atoms with E-state index in [1.807, 2.05) is 6.92 Å². The highest BCUT2D eigenvalue weighted by molar-refractivity contribution is 4.87. The first-order valence-electron chi connectivity index (χ1n) is 4.76. The van der Waals surface area contributed by atoms with Crippen molar-refractivity contribution in [1.29, 1.82) is 0 Å². The number of tetrazole rings is 1. The van der Waals surface area contributed by atoms with E-state index in [9.17, 15) is 0 Å². The molecule has 0 fully saturated rings. The molecule has 0 aromatic carbocycles. The van der Waals surface area contributed by atoms with E-state index >= 15 is 0 Å². The molecule has 0 aliphatic heterocycles. The summed E-state index contributed by atoms with van der Waals surface area (Å²) in [5, 5.41) is 17.1. The van der Waals surface area contributed by atoms with E-state index < -0.39 is 0 Å². The zero-order valence-electron chi connectivity index (χ0n) is 8.82. The van der Waals surface area contributed by atoms with Crippen molar-refractivity contribution in [2.75, 3.05) is 13.7 Å². The molecule has 2 N–H and O–H groups in total. The second kappa shape index (κ2) is 5.66. The van der Waals surface area contributed by atoms with Gasteiger partial charge in [-0.3, -0.25) is 0 Å². The number of nitrogens with one attached hydrogen (secondary N) is 2. The average Bonchev–Trinajstić information content (AvgIpc) is 2.69. The van der Waals surface area contributed by atoms with Crippen LogP contribution in [0.2, 0.25) is 0 Å². The average molecular weight is 199 g/mol. The van der Waals surface area contributed by atoms with Crippen molar-refractivity contribution in [3.63, 3.8) is 0 Å². The lowest BCUT2D eigenvalue weighted by molar-refractivity contribution is 0.159. The second-order valence-corrected chi connectivity index (χ2v) is 3.22. The molecule has 1 aromatic heterocycles. The van der Waals surface area contributed by atoms with Gasteiger partial charge in [0.1, 0.15) is 0 Å². The zero-order valence-corrected chi connectivity index (χ0v) is 8.82. The van der Waals surface area contributed by atoms with Gasteiger partial charge in [-0.15, -0.1) is 10.2 Å². The molecular weight excluding hydrogens is 182 g/mol. The molecule has 0 bridgehead atoms. The largest absolute Gasteiger partial charge is 0.383 e. The number of nitrogens with zero attached hydrogens (tertiary/aromatic N) is 3. The minimum Gasteiger partial charge on any atom is -0.383 e. The van der Waals surface area contributed by atoms with Crippen LogP contribution < -0.4 is 5.32 Å². The summed E-state index contributed by atoms with van der Waals surface area (Å²) in [5.41, 5.74) is 0. The van der Waals surface area contributed by atoms with Crippen LogP contribution in [-0.4, -0.2) is 40.4 Å². The molecule has 2 unspecified atom stereocenters. The van der Waals surface area contributed by atoms with Crippen molar-refractivity contribution in [1.82, 2.24) is 25.9 Å². The SMILES string of the molecule is CCC(COC)NC(C)c1nn[nH]n1. The van der Waals surface area contributed by atoms with E-state index in [0.717, 1.165) is 6.42 Å². The topological polar surface area (TPSA) is 75.7 Å². The zero-order chi connectivity index (χ0) is 10.4. The molecular formula is C8H17N5O. The van der Waals surface area contributed by atoms with Gasteiger partial charge < -0.3 is 10.1 Å². The highest BCUT2D eigenvalue weighted by Crippen LogP contribution is 2.06. The summed E-state index contributed by atoms with van der Waals surface area (Å²) >= 11 is 0. The molecule has 1 rings (SSSR count). The maximum atomic E-state index is 5.09. The Kier molecular flexibility index (Phi) is 4.48. The number of aromatic amines is 1. The molecule has 0 spiro atoms. The molecule has 0 saturated heterocycles. The van der Waals surface area contributed by atoms with Crippen molar-refractivity contribution in [3.05, 3.63) is 5.82 Å². The summed E-state index contributed by atoms with van der Waals surface area (Å²) in [6.45, 7) is 4.81. The number of H-pyrrole nitrogens is 1. The summed E-state index contributed by atoms with van der Waals surface area (Å²) in [7, 11) is 1.70. The van der Waals surface area contributed by atoms with Crippen LogP contribution in [0.5, 0.6) is 0 Å². The third-order valence-electron chi connectivity index (χ3n) is 2.10. The molecule has 0 amide bonds.